The SMILES string of the molecule is COc1ccc(-c2noc(CCC(=O)N[C@H](CC(C)C)C(=O)O)n2)cc1. The summed E-state index contributed by atoms with van der Waals surface area (Å²) in [6.07, 6.45) is 0.693. The van der Waals surface area contributed by atoms with Gasteiger partial charge in [0.1, 0.15) is 11.8 Å². The van der Waals surface area contributed by atoms with E-state index < -0.39 is 12.0 Å². The molecular weight excluding hydrogens is 338 g/mol. The fourth-order valence-electron chi connectivity index (χ4n) is 2.39. The van der Waals surface area contributed by atoms with Gasteiger partial charge in [0.15, 0.2) is 0 Å². The predicted molar refractivity (Wildman–Crippen MR) is 93.6 cm³/mol. The highest BCUT2D eigenvalue weighted by Crippen LogP contribution is 2.20. The first kappa shape index (κ1) is 19.4. The largest absolute Gasteiger partial charge is 0.497 e. The van der Waals surface area contributed by atoms with Crippen LogP contribution < -0.4 is 10.1 Å². The van der Waals surface area contributed by atoms with Crippen molar-refractivity contribution in [2.24, 2.45) is 5.92 Å². The summed E-state index contributed by atoms with van der Waals surface area (Å²) in [5.74, 6) is 0.241. The van der Waals surface area contributed by atoms with Crippen LogP contribution in [0.4, 0.5) is 0 Å². The van der Waals surface area contributed by atoms with Crippen molar-refractivity contribution < 1.29 is 24.0 Å². The van der Waals surface area contributed by atoms with Crippen LogP contribution in [0.2, 0.25) is 0 Å². The van der Waals surface area contributed by atoms with Crippen molar-refractivity contribution in [3.05, 3.63) is 30.2 Å². The topological polar surface area (TPSA) is 115 Å². The lowest BCUT2D eigenvalue weighted by Crippen LogP contribution is -2.41. The number of carbonyl (C=O) groups is 2. The number of aryl methyl sites for hydroxylation is 1. The van der Waals surface area contributed by atoms with E-state index >= 15 is 0 Å². The summed E-state index contributed by atoms with van der Waals surface area (Å²) in [6.45, 7) is 3.81. The number of nitrogens with zero attached hydrogens (tertiary/aromatic N) is 2. The number of rotatable bonds is 9. The standard InChI is InChI=1S/C18H23N3O5/c1-11(2)10-14(18(23)24)19-15(22)8-9-16-20-17(21-26-16)12-4-6-13(25-3)7-5-12/h4-7,11,14H,8-10H2,1-3H3,(H,19,22)(H,23,24)/t14-/m1/s1. The Labute approximate surface area is 151 Å². The Morgan fingerprint density at radius 2 is 1.96 bits per heavy atom. The highest BCUT2D eigenvalue weighted by atomic mass is 16.5. The van der Waals surface area contributed by atoms with Gasteiger partial charge in [0.05, 0.1) is 7.11 Å². The lowest BCUT2D eigenvalue weighted by Gasteiger charge is -2.16. The molecule has 0 saturated heterocycles. The molecular formula is C18H23N3O5. The zero-order chi connectivity index (χ0) is 19.1. The first-order chi connectivity index (χ1) is 12.4. The zero-order valence-electron chi connectivity index (χ0n) is 15.1. The fourth-order valence-corrected chi connectivity index (χ4v) is 2.39. The molecule has 0 aliphatic heterocycles. The minimum Gasteiger partial charge on any atom is -0.497 e. The molecule has 0 bridgehead atoms. The van der Waals surface area contributed by atoms with Crippen molar-refractivity contribution in [3.63, 3.8) is 0 Å². The average molecular weight is 361 g/mol. The van der Waals surface area contributed by atoms with Gasteiger partial charge in [-0.25, -0.2) is 4.79 Å². The predicted octanol–water partition coefficient (Wildman–Crippen LogP) is 2.29. The Kier molecular flexibility index (Phi) is 6.71. The molecule has 2 aromatic rings. The van der Waals surface area contributed by atoms with E-state index in [1.807, 2.05) is 26.0 Å². The number of carboxylic acid groups (broad SMARTS) is 1. The third kappa shape index (κ3) is 5.58. The van der Waals surface area contributed by atoms with E-state index in [0.717, 1.165) is 11.3 Å². The Bertz CT molecular complexity index is 740. The molecule has 1 aromatic heterocycles. The number of carbonyl (C=O) groups excluding carboxylic acids is 1. The Morgan fingerprint density at radius 1 is 1.27 bits per heavy atom. The molecule has 0 spiro atoms. The Balaban J connectivity index is 1.90. The van der Waals surface area contributed by atoms with Crippen LogP contribution in [0.25, 0.3) is 11.4 Å². The fraction of sp³-hybridized carbons (Fsp3) is 0.444. The molecule has 0 aliphatic carbocycles. The number of hydrogen-bond donors (Lipinski definition) is 2. The first-order valence-electron chi connectivity index (χ1n) is 8.38. The Hall–Kier alpha value is -2.90. The summed E-state index contributed by atoms with van der Waals surface area (Å²) < 4.78 is 10.3. The van der Waals surface area contributed by atoms with Crippen LogP contribution in [0.15, 0.2) is 28.8 Å². The molecule has 0 unspecified atom stereocenters. The monoisotopic (exact) mass is 361 g/mol. The smallest absolute Gasteiger partial charge is 0.326 e. The summed E-state index contributed by atoms with van der Waals surface area (Å²) >= 11 is 0. The number of hydrogen-bond acceptors (Lipinski definition) is 6. The van der Waals surface area contributed by atoms with E-state index in [1.54, 1.807) is 19.2 Å². The molecule has 26 heavy (non-hydrogen) atoms. The van der Waals surface area contributed by atoms with E-state index in [2.05, 4.69) is 15.5 Å². The van der Waals surface area contributed by atoms with Crippen LogP contribution in [0.1, 0.15) is 32.6 Å². The number of ether oxygens (including phenoxy) is 1. The number of aliphatic carboxylic acids is 1. The number of amides is 1. The van der Waals surface area contributed by atoms with Crippen molar-refractivity contribution in [2.75, 3.05) is 7.11 Å². The molecule has 140 valence electrons. The summed E-state index contributed by atoms with van der Waals surface area (Å²) in [5.41, 5.74) is 0.771. The molecule has 1 heterocycles. The van der Waals surface area contributed by atoms with Gasteiger partial charge < -0.3 is 19.7 Å². The second-order valence-corrected chi connectivity index (χ2v) is 6.33. The van der Waals surface area contributed by atoms with Crippen molar-refractivity contribution in [3.8, 4) is 17.1 Å². The quantitative estimate of drug-likeness (QED) is 0.704. The maximum atomic E-state index is 12.0. The minimum absolute atomic E-state index is 0.0755. The summed E-state index contributed by atoms with van der Waals surface area (Å²) in [5, 5.41) is 15.6. The molecule has 1 aromatic carbocycles. The van der Waals surface area contributed by atoms with Gasteiger partial charge in [-0.3, -0.25) is 4.79 Å². The van der Waals surface area contributed by atoms with Crippen LogP contribution in [-0.2, 0) is 16.0 Å². The van der Waals surface area contributed by atoms with E-state index in [1.165, 1.54) is 0 Å². The lowest BCUT2D eigenvalue weighted by atomic mass is 10.0. The van der Waals surface area contributed by atoms with Gasteiger partial charge in [-0.05, 0) is 36.6 Å². The number of aromatic nitrogens is 2. The number of carboxylic acids is 1. The summed E-state index contributed by atoms with van der Waals surface area (Å²) in [4.78, 5) is 27.4. The van der Waals surface area contributed by atoms with Gasteiger partial charge in [0, 0.05) is 18.4 Å². The zero-order valence-corrected chi connectivity index (χ0v) is 15.1. The van der Waals surface area contributed by atoms with Gasteiger partial charge in [0.2, 0.25) is 17.6 Å². The van der Waals surface area contributed by atoms with Crippen LogP contribution >= 0.6 is 0 Å². The molecule has 0 fully saturated rings. The third-order valence-corrected chi connectivity index (χ3v) is 3.72. The van der Waals surface area contributed by atoms with Crippen molar-refractivity contribution in [1.29, 1.82) is 0 Å². The summed E-state index contributed by atoms with van der Waals surface area (Å²) in [7, 11) is 1.59. The molecule has 1 atom stereocenters. The molecule has 1 amide bonds. The molecule has 2 rings (SSSR count). The van der Waals surface area contributed by atoms with Gasteiger partial charge in [-0.15, -0.1) is 0 Å². The number of nitrogens with one attached hydrogen (secondary N) is 1. The normalized spacial score (nSPS) is 12.0. The molecule has 0 aliphatic rings. The van der Waals surface area contributed by atoms with Gasteiger partial charge >= 0.3 is 5.97 Å². The van der Waals surface area contributed by atoms with E-state index in [9.17, 15) is 9.59 Å². The number of methoxy groups -OCH3 is 1. The van der Waals surface area contributed by atoms with Crippen LogP contribution in [0.3, 0.4) is 0 Å². The molecule has 0 radical (unpaired) electrons. The Morgan fingerprint density at radius 3 is 2.54 bits per heavy atom. The van der Waals surface area contributed by atoms with Crippen LogP contribution in [0.5, 0.6) is 5.75 Å². The third-order valence-electron chi connectivity index (χ3n) is 3.72. The highest BCUT2D eigenvalue weighted by molar-refractivity contribution is 5.83. The molecule has 8 nitrogen and oxygen atoms in total. The van der Waals surface area contributed by atoms with Crippen molar-refractivity contribution in [2.45, 2.75) is 39.2 Å². The lowest BCUT2D eigenvalue weighted by molar-refractivity contribution is -0.142. The number of benzene rings is 1. The van der Waals surface area contributed by atoms with Crippen LogP contribution in [-0.4, -0.2) is 40.3 Å². The average Bonchev–Trinajstić information content (AvgIpc) is 3.08. The van der Waals surface area contributed by atoms with Crippen molar-refractivity contribution in [1.82, 2.24) is 15.5 Å². The second kappa shape index (κ2) is 8.98. The van der Waals surface area contributed by atoms with Crippen LogP contribution in [0, 0.1) is 5.92 Å². The first-order valence-corrected chi connectivity index (χ1v) is 8.38. The molecule has 2 N–H and O–H groups in total. The van der Waals surface area contributed by atoms with Crippen molar-refractivity contribution >= 4 is 11.9 Å². The van der Waals surface area contributed by atoms with E-state index in [-0.39, 0.29) is 24.7 Å². The summed E-state index contributed by atoms with van der Waals surface area (Å²) in [6, 6.07) is 6.31. The van der Waals surface area contributed by atoms with Gasteiger partial charge in [0.25, 0.3) is 0 Å². The maximum absolute atomic E-state index is 12.0. The van der Waals surface area contributed by atoms with E-state index in [4.69, 9.17) is 14.4 Å². The maximum Gasteiger partial charge on any atom is 0.326 e. The molecule has 0 saturated carbocycles. The van der Waals surface area contributed by atoms with E-state index in [0.29, 0.717) is 18.1 Å². The second-order valence-electron chi connectivity index (χ2n) is 6.33. The van der Waals surface area contributed by atoms with Gasteiger partial charge in [-0.2, -0.15) is 4.98 Å². The highest BCUT2D eigenvalue weighted by Gasteiger charge is 2.21. The minimum atomic E-state index is -1.04. The van der Waals surface area contributed by atoms with Gasteiger partial charge in [-0.1, -0.05) is 19.0 Å². The molecule has 8 heteroatoms.